The molecular weight excluding hydrogens is 200 g/mol. The van der Waals surface area contributed by atoms with Gasteiger partial charge >= 0.3 is 0 Å². The lowest BCUT2D eigenvalue weighted by molar-refractivity contribution is -0.112. The number of fused-ring (bicyclic) bond motifs is 1. The number of unbranched alkanes of at least 4 members (excludes halogenated alkanes) is 2. The topological polar surface area (TPSA) is 45.0 Å². The van der Waals surface area contributed by atoms with Crippen molar-refractivity contribution < 1.29 is 4.74 Å². The smallest absolute Gasteiger partial charge is 0.0685 e. The molecule has 0 amide bonds. The molecule has 1 saturated heterocycles. The van der Waals surface area contributed by atoms with Crippen LogP contribution < -0.4 is 5.32 Å². The standard InChI is InChI=1S/C13H22N2O/c1-13(2)11(10-6-9-16-12(10)13)15-8-5-3-4-7-14/h10-12,15H,3-6,8-9H2,1-2H3. The molecule has 0 spiro atoms. The minimum Gasteiger partial charge on any atom is -0.377 e. The number of hydrogen-bond donors (Lipinski definition) is 1. The molecule has 3 unspecified atom stereocenters. The second kappa shape index (κ2) is 4.73. The number of hydrogen-bond acceptors (Lipinski definition) is 3. The van der Waals surface area contributed by atoms with Gasteiger partial charge in [0.2, 0.25) is 0 Å². The van der Waals surface area contributed by atoms with E-state index in [1.54, 1.807) is 0 Å². The Morgan fingerprint density at radius 3 is 3.00 bits per heavy atom. The van der Waals surface area contributed by atoms with Crippen molar-refractivity contribution >= 4 is 0 Å². The molecule has 90 valence electrons. The highest BCUT2D eigenvalue weighted by molar-refractivity contribution is 5.11. The Bertz CT molecular complexity index is 282. The van der Waals surface area contributed by atoms with E-state index in [-0.39, 0.29) is 5.41 Å². The summed E-state index contributed by atoms with van der Waals surface area (Å²) in [5.74, 6) is 0.728. The fraction of sp³-hybridized carbons (Fsp3) is 0.923. The Balaban J connectivity index is 1.72. The second-order valence-electron chi connectivity index (χ2n) is 5.61. The summed E-state index contributed by atoms with van der Waals surface area (Å²) in [6, 6.07) is 2.80. The molecule has 1 saturated carbocycles. The van der Waals surface area contributed by atoms with Crippen molar-refractivity contribution in [3.05, 3.63) is 0 Å². The van der Waals surface area contributed by atoms with Crippen molar-refractivity contribution in [1.82, 2.24) is 5.32 Å². The largest absolute Gasteiger partial charge is 0.377 e. The molecule has 3 nitrogen and oxygen atoms in total. The quantitative estimate of drug-likeness (QED) is 0.724. The van der Waals surface area contributed by atoms with Crippen LogP contribution in [0.15, 0.2) is 0 Å². The number of ether oxygens (including phenoxy) is 1. The Hall–Kier alpha value is -0.590. The zero-order valence-corrected chi connectivity index (χ0v) is 10.3. The van der Waals surface area contributed by atoms with Gasteiger partial charge in [-0.25, -0.2) is 0 Å². The van der Waals surface area contributed by atoms with Crippen LogP contribution in [0.25, 0.3) is 0 Å². The van der Waals surface area contributed by atoms with Crippen LogP contribution in [0.3, 0.4) is 0 Å². The third-order valence-corrected chi connectivity index (χ3v) is 4.18. The highest BCUT2D eigenvalue weighted by Crippen LogP contribution is 2.51. The summed E-state index contributed by atoms with van der Waals surface area (Å²) in [5.41, 5.74) is 0.288. The fourth-order valence-corrected chi connectivity index (χ4v) is 3.33. The number of rotatable bonds is 5. The summed E-state index contributed by atoms with van der Waals surface area (Å²) in [4.78, 5) is 0. The van der Waals surface area contributed by atoms with Crippen molar-refractivity contribution in [2.75, 3.05) is 13.2 Å². The monoisotopic (exact) mass is 222 g/mol. The van der Waals surface area contributed by atoms with Gasteiger partial charge in [0.05, 0.1) is 12.2 Å². The summed E-state index contributed by atoms with van der Waals surface area (Å²) in [6.45, 7) is 6.57. The van der Waals surface area contributed by atoms with E-state index >= 15 is 0 Å². The molecule has 0 aromatic rings. The molecule has 1 heterocycles. The molecular formula is C13H22N2O. The van der Waals surface area contributed by atoms with Crippen molar-refractivity contribution in [3.63, 3.8) is 0 Å². The first-order valence-electron chi connectivity index (χ1n) is 6.40. The first kappa shape index (κ1) is 11.9. The summed E-state index contributed by atoms with van der Waals surface area (Å²) >= 11 is 0. The van der Waals surface area contributed by atoms with E-state index in [1.165, 1.54) is 6.42 Å². The van der Waals surface area contributed by atoms with Gasteiger partial charge in [-0.3, -0.25) is 0 Å². The predicted octanol–water partition coefficient (Wildman–Crippen LogP) is 2.08. The molecule has 0 bridgehead atoms. The van der Waals surface area contributed by atoms with Gasteiger partial charge < -0.3 is 10.1 Å². The molecule has 1 N–H and O–H groups in total. The molecule has 2 fully saturated rings. The normalized spacial score (nSPS) is 35.2. The van der Waals surface area contributed by atoms with Gasteiger partial charge in [-0.2, -0.15) is 5.26 Å². The predicted molar refractivity (Wildman–Crippen MR) is 62.9 cm³/mol. The number of nitrogens with zero attached hydrogens (tertiary/aromatic N) is 1. The van der Waals surface area contributed by atoms with Crippen LogP contribution in [-0.4, -0.2) is 25.3 Å². The molecule has 2 rings (SSSR count). The third-order valence-electron chi connectivity index (χ3n) is 4.18. The van der Waals surface area contributed by atoms with E-state index in [4.69, 9.17) is 10.00 Å². The maximum Gasteiger partial charge on any atom is 0.0685 e. The van der Waals surface area contributed by atoms with Gasteiger partial charge in [-0.05, 0) is 25.8 Å². The van der Waals surface area contributed by atoms with Crippen molar-refractivity contribution in [2.45, 2.75) is 51.7 Å². The van der Waals surface area contributed by atoms with Crippen LogP contribution in [0.5, 0.6) is 0 Å². The Kier molecular flexibility index (Phi) is 3.51. The molecule has 0 aromatic carbocycles. The van der Waals surface area contributed by atoms with Gasteiger partial charge in [0.15, 0.2) is 0 Å². The third kappa shape index (κ3) is 1.97. The summed E-state index contributed by atoms with van der Waals surface area (Å²) < 4.78 is 5.76. The zero-order chi connectivity index (χ0) is 11.6. The number of nitrogens with one attached hydrogen (secondary N) is 1. The highest BCUT2D eigenvalue weighted by Gasteiger charge is 2.58. The fourth-order valence-electron chi connectivity index (χ4n) is 3.33. The van der Waals surface area contributed by atoms with Gasteiger partial charge in [-0.1, -0.05) is 13.8 Å². The van der Waals surface area contributed by atoms with Crippen LogP contribution in [0.2, 0.25) is 0 Å². The molecule has 0 radical (unpaired) electrons. The van der Waals surface area contributed by atoms with Gasteiger partial charge in [-0.15, -0.1) is 0 Å². The molecule has 3 atom stereocenters. The first-order chi connectivity index (χ1) is 7.68. The first-order valence-corrected chi connectivity index (χ1v) is 6.40. The van der Waals surface area contributed by atoms with Gasteiger partial charge in [0.25, 0.3) is 0 Å². The molecule has 1 aliphatic carbocycles. The Labute approximate surface area is 98.2 Å². The van der Waals surface area contributed by atoms with Crippen LogP contribution >= 0.6 is 0 Å². The van der Waals surface area contributed by atoms with Crippen molar-refractivity contribution in [3.8, 4) is 6.07 Å². The Morgan fingerprint density at radius 1 is 1.44 bits per heavy atom. The van der Waals surface area contributed by atoms with E-state index in [1.807, 2.05) is 0 Å². The average Bonchev–Trinajstić information content (AvgIpc) is 2.69. The van der Waals surface area contributed by atoms with Gasteiger partial charge in [0.1, 0.15) is 0 Å². The summed E-state index contributed by atoms with van der Waals surface area (Å²) in [7, 11) is 0. The average molecular weight is 222 g/mol. The van der Waals surface area contributed by atoms with Crippen LogP contribution in [0, 0.1) is 22.7 Å². The molecule has 2 aliphatic rings. The summed E-state index contributed by atoms with van der Waals surface area (Å²) in [5, 5.41) is 12.1. The minimum atomic E-state index is 0.288. The lowest BCUT2D eigenvalue weighted by Gasteiger charge is -2.55. The maximum atomic E-state index is 8.45. The zero-order valence-electron chi connectivity index (χ0n) is 10.3. The molecule has 1 aliphatic heterocycles. The molecule has 3 heteroatoms. The van der Waals surface area contributed by atoms with E-state index in [9.17, 15) is 0 Å². The van der Waals surface area contributed by atoms with Gasteiger partial charge in [0, 0.05) is 30.4 Å². The SMILES string of the molecule is CC1(C)C(NCCCCC#N)C2CCOC21. The lowest BCUT2D eigenvalue weighted by Crippen LogP contribution is -2.65. The second-order valence-corrected chi connectivity index (χ2v) is 5.61. The maximum absolute atomic E-state index is 8.45. The Morgan fingerprint density at radius 2 is 2.25 bits per heavy atom. The van der Waals surface area contributed by atoms with Crippen LogP contribution in [0.4, 0.5) is 0 Å². The van der Waals surface area contributed by atoms with Crippen molar-refractivity contribution in [1.29, 1.82) is 5.26 Å². The van der Waals surface area contributed by atoms with E-state index < -0.39 is 0 Å². The highest BCUT2D eigenvalue weighted by atomic mass is 16.5. The summed E-state index contributed by atoms with van der Waals surface area (Å²) in [6.07, 6.45) is 4.50. The van der Waals surface area contributed by atoms with E-state index in [2.05, 4.69) is 25.2 Å². The van der Waals surface area contributed by atoms with E-state index in [0.29, 0.717) is 18.6 Å². The molecule has 16 heavy (non-hydrogen) atoms. The van der Waals surface area contributed by atoms with Crippen molar-refractivity contribution in [2.24, 2.45) is 11.3 Å². The van der Waals surface area contributed by atoms with Crippen LogP contribution in [-0.2, 0) is 4.74 Å². The lowest BCUT2D eigenvalue weighted by atomic mass is 9.57. The van der Waals surface area contributed by atoms with Crippen LogP contribution in [0.1, 0.15) is 39.5 Å². The minimum absolute atomic E-state index is 0.288. The number of nitriles is 1. The molecule has 0 aromatic heterocycles. The van der Waals surface area contributed by atoms with E-state index in [0.717, 1.165) is 31.9 Å².